The summed E-state index contributed by atoms with van der Waals surface area (Å²) in [5, 5.41) is 18.8. The lowest BCUT2D eigenvalue weighted by molar-refractivity contribution is 0.282. The number of nitrogens with one attached hydrogen (secondary N) is 2. The van der Waals surface area contributed by atoms with Crippen LogP contribution in [-0.4, -0.2) is 20.3 Å². The molecular formula is C16H12BrN3O. The van der Waals surface area contributed by atoms with Crippen LogP contribution in [0.25, 0.3) is 33.2 Å². The SMILES string of the molecule is OCc1ccc2[nH]c(-c3n[nH]c4cc(Br)ccc34)cc2c1. The molecule has 0 atom stereocenters. The van der Waals surface area contributed by atoms with E-state index in [4.69, 9.17) is 0 Å². The predicted molar refractivity (Wildman–Crippen MR) is 87.0 cm³/mol. The molecule has 0 spiro atoms. The number of aliphatic hydroxyl groups excluding tert-OH is 1. The van der Waals surface area contributed by atoms with E-state index in [1.807, 2.05) is 36.4 Å². The first-order valence-corrected chi connectivity index (χ1v) is 7.40. The third kappa shape index (κ3) is 2.05. The lowest BCUT2D eigenvalue weighted by atomic mass is 10.1. The average Bonchev–Trinajstić information content (AvgIpc) is 3.08. The summed E-state index contributed by atoms with van der Waals surface area (Å²) in [7, 11) is 0. The Morgan fingerprint density at radius 2 is 1.95 bits per heavy atom. The van der Waals surface area contributed by atoms with E-state index >= 15 is 0 Å². The minimum atomic E-state index is 0.0514. The molecule has 0 fully saturated rings. The Morgan fingerprint density at radius 3 is 2.81 bits per heavy atom. The maximum atomic E-state index is 9.22. The van der Waals surface area contributed by atoms with Gasteiger partial charge in [0, 0.05) is 20.8 Å². The Bertz CT molecular complexity index is 955. The second-order valence-corrected chi connectivity index (χ2v) is 5.94. The number of halogens is 1. The summed E-state index contributed by atoms with van der Waals surface area (Å²) in [6, 6.07) is 14.0. The highest BCUT2D eigenvalue weighted by molar-refractivity contribution is 9.10. The average molecular weight is 342 g/mol. The van der Waals surface area contributed by atoms with E-state index in [2.05, 4.69) is 37.2 Å². The molecule has 4 nitrogen and oxygen atoms in total. The molecule has 4 aromatic rings. The zero-order valence-electron chi connectivity index (χ0n) is 11.0. The van der Waals surface area contributed by atoms with Crippen molar-refractivity contribution < 1.29 is 5.11 Å². The molecular weight excluding hydrogens is 330 g/mol. The molecule has 21 heavy (non-hydrogen) atoms. The van der Waals surface area contributed by atoms with E-state index in [0.29, 0.717) is 0 Å². The smallest absolute Gasteiger partial charge is 0.116 e. The van der Waals surface area contributed by atoms with Crippen molar-refractivity contribution in [3.63, 3.8) is 0 Å². The highest BCUT2D eigenvalue weighted by Crippen LogP contribution is 2.30. The second kappa shape index (κ2) is 4.72. The Balaban J connectivity index is 1.91. The van der Waals surface area contributed by atoms with Gasteiger partial charge in [-0.2, -0.15) is 5.10 Å². The minimum absolute atomic E-state index is 0.0514. The van der Waals surface area contributed by atoms with Gasteiger partial charge in [-0.15, -0.1) is 0 Å². The van der Waals surface area contributed by atoms with Crippen molar-refractivity contribution in [1.29, 1.82) is 0 Å². The molecule has 0 aliphatic rings. The van der Waals surface area contributed by atoms with Gasteiger partial charge in [0.25, 0.3) is 0 Å². The highest BCUT2D eigenvalue weighted by Gasteiger charge is 2.11. The van der Waals surface area contributed by atoms with Gasteiger partial charge in [-0.25, -0.2) is 0 Å². The maximum Gasteiger partial charge on any atom is 0.116 e. The van der Waals surface area contributed by atoms with Crippen LogP contribution in [-0.2, 0) is 6.61 Å². The Hall–Kier alpha value is -2.11. The Morgan fingerprint density at radius 1 is 1.05 bits per heavy atom. The van der Waals surface area contributed by atoms with Crippen LogP contribution in [0.2, 0.25) is 0 Å². The van der Waals surface area contributed by atoms with Gasteiger partial charge < -0.3 is 10.1 Å². The van der Waals surface area contributed by atoms with Gasteiger partial charge in [-0.1, -0.05) is 22.0 Å². The summed E-state index contributed by atoms with van der Waals surface area (Å²) >= 11 is 3.46. The number of hydrogen-bond acceptors (Lipinski definition) is 2. The number of aromatic amines is 2. The fourth-order valence-corrected chi connectivity index (χ4v) is 2.97. The van der Waals surface area contributed by atoms with E-state index < -0.39 is 0 Å². The minimum Gasteiger partial charge on any atom is -0.392 e. The summed E-state index contributed by atoms with van der Waals surface area (Å²) in [6.07, 6.45) is 0. The summed E-state index contributed by atoms with van der Waals surface area (Å²) in [5.41, 5.74) is 4.81. The van der Waals surface area contributed by atoms with E-state index in [9.17, 15) is 5.11 Å². The first-order chi connectivity index (χ1) is 10.2. The quantitative estimate of drug-likeness (QED) is 0.516. The summed E-state index contributed by atoms with van der Waals surface area (Å²) < 4.78 is 1.02. The molecule has 0 amide bonds. The third-order valence-electron chi connectivity index (χ3n) is 3.65. The number of rotatable bonds is 2. The lowest BCUT2D eigenvalue weighted by Crippen LogP contribution is -1.80. The van der Waals surface area contributed by atoms with Crippen molar-refractivity contribution in [2.45, 2.75) is 6.61 Å². The fourth-order valence-electron chi connectivity index (χ4n) is 2.61. The van der Waals surface area contributed by atoms with Crippen molar-refractivity contribution in [2.75, 3.05) is 0 Å². The molecule has 0 saturated carbocycles. The van der Waals surface area contributed by atoms with Crippen LogP contribution in [0, 0.1) is 0 Å². The van der Waals surface area contributed by atoms with E-state index in [0.717, 1.165) is 43.2 Å². The topological polar surface area (TPSA) is 64.7 Å². The van der Waals surface area contributed by atoms with E-state index in [-0.39, 0.29) is 6.61 Å². The molecule has 0 radical (unpaired) electrons. The molecule has 0 saturated heterocycles. The van der Waals surface area contributed by atoms with Crippen LogP contribution in [0.5, 0.6) is 0 Å². The lowest BCUT2D eigenvalue weighted by Gasteiger charge is -1.94. The third-order valence-corrected chi connectivity index (χ3v) is 4.14. The van der Waals surface area contributed by atoms with E-state index in [1.54, 1.807) is 0 Å². The highest BCUT2D eigenvalue weighted by atomic mass is 79.9. The monoisotopic (exact) mass is 341 g/mol. The van der Waals surface area contributed by atoms with Crippen LogP contribution in [0.4, 0.5) is 0 Å². The van der Waals surface area contributed by atoms with Crippen molar-refractivity contribution >= 4 is 37.7 Å². The normalized spacial score (nSPS) is 11.5. The molecule has 104 valence electrons. The molecule has 4 rings (SSSR count). The van der Waals surface area contributed by atoms with Crippen molar-refractivity contribution in [1.82, 2.24) is 15.2 Å². The van der Waals surface area contributed by atoms with Gasteiger partial charge in [0.05, 0.1) is 17.8 Å². The first kappa shape index (κ1) is 12.6. The Kier molecular flexibility index (Phi) is 2.83. The van der Waals surface area contributed by atoms with Crippen LogP contribution in [0.1, 0.15) is 5.56 Å². The summed E-state index contributed by atoms with van der Waals surface area (Å²) in [4.78, 5) is 3.38. The number of aromatic nitrogens is 3. The van der Waals surface area contributed by atoms with Gasteiger partial charge in [0.2, 0.25) is 0 Å². The number of hydrogen-bond donors (Lipinski definition) is 3. The number of benzene rings is 2. The standard InChI is InChI=1S/C16H12BrN3O/c17-11-2-3-12-14(7-11)19-20-16(12)15-6-10-5-9(8-21)1-4-13(10)18-15/h1-7,18,21H,8H2,(H,19,20). The molecule has 5 heteroatoms. The zero-order chi connectivity index (χ0) is 14.4. The van der Waals surface area contributed by atoms with Crippen LogP contribution in [0.3, 0.4) is 0 Å². The molecule has 0 unspecified atom stereocenters. The molecule has 2 heterocycles. The summed E-state index contributed by atoms with van der Waals surface area (Å²) in [6.45, 7) is 0.0514. The maximum absolute atomic E-state index is 9.22. The van der Waals surface area contributed by atoms with Gasteiger partial charge in [-0.3, -0.25) is 5.10 Å². The first-order valence-electron chi connectivity index (χ1n) is 6.61. The van der Waals surface area contributed by atoms with Gasteiger partial charge in [0.15, 0.2) is 0 Å². The number of nitrogens with zero attached hydrogens (tertiary/aromatic N) is 1. The molecule has 0 aliphatic carbocycles. The van der Waals surface area contributed by atoms with Crippen LogP contribution < -0.4 is 0 Å². The van der Waals surface area contributed by atoms with E-state index in [1.165, 1.54) is 0 Å². The molecule has 0 bridgehead atoms. The zero-order valence-corrected chi connectivity index (χ0v) is 12.6. The largest absolute Gasteiger partial charge is 0.392 e. The van der Waals surface area contributed by atoms with Crippen LogP contribution >= 0.6 is 15.9 Å². The Labute approximate surface area is 128 Å². The second-order valence-electron chi connectivity index (χ2n) is 5.02. The number of fused-ring (bicyclic) bond motifs is 2. The summed E-state index contributed by atoms with van der Waals surface area (Å²) in [5.74, 6) is 0. The number of aliphatic hydroxyl groups is 1. The van der Waals surface area contributed by atoms with Gasteiger partial charge in [0.1, 0.15) is 5.69 Å². The van der Waals surface area contributed by atoms with Crippen molar-refractivity contribution in [3.8, 4) is 11.4 Å². The van der Waals surface area contributed by atoms with Crippen LogP contribution in [0.15, 0.2) is 46.9 Å². The molecule has 3 N–H and O–H groups in total. The molecule has 2 aromatic carbocycles. The number of H-pyrrole nitrogens is 2. The predicted octanol–water partition coefficient (Wildman–Crippen LogP) is 3.97. The molecule has 2 aromatic heterocycles. The van der Waals surface area contributed by atoms with Gasteiger partial charge >= 0.3 is 0 Å². The van der Waals surface area contributed by atoms with Gasteiger partial charge in [-0.05, 0) is 42.0 Å². The fraction of sp³-hybridized carbons (Fsp3) is 0.0625. The van der Waals surface area contributed by atoms with Crippen molar-refractivity contribution in [3.05, 3.63) is 52.5 Å². The van der Waals surface area contributed by atoms with Crippen molar-refractivity contribution in [2.24, 2.45) is 0 Å². The molecule has 0 aliphatic heterocycles.